The fraction of sp³-hybridized carbons (Fsp3) is 0. The van der Waals surface area contributed by atoms with E-state index < -0.39 is 5.82 Å². The molecule has 0 aliphatic heterocycles. The summed E-state index contributed by atoms with van der Waals surface area (Å²) in [6.45, 7) is 0. The molecule has 6 heteroatoms. The first-order valence-corrected chi connectivity index (χ1v) is 4.73. The largest absolute Gasteiger partial charge is 0.507 e. The van der Waals surface area contributed by atoms with Crippen molar-refractivity contribution in [1.82, 2.24) is 9.97 Å². The molecule has 0 bridgehead atoms. The van der Waals surface area contributed by atoms with Gasteiger partial charge in [-0.25, -0.2) is 14.4 Å². The summed E-state index contributed by atoms with van der Waals surface area (Å²) in [7, 11) is 0. The lowest BCUT2D eigenvalue weighted by atomic mass is 10.1. The number of phenolic OH excluding ortho intramolecular Hbond substituents is 1. The SMILES string of the molecule is Nc1cc(O)c(-c2ncccn2)c(Cl)c1F. The van der Waals surface area contributed by atoms with Gasteiger partial charge in [-0.3, -0.25) is 0 Å². The summed E-state index contributed by atoms with van der Waals surface area (Å²) in [5.74, 6) is -0.902. The topological polar surface area (TPSA) is 72.0 Å². The molecule has 0 fully saturated rings. The molecule has 1 aromatic carbocycles. The first-order valence-electron chi connectivity index (χ1n) is 4.35. The molecule has 1 aromatic heterocycles. The second-order valence-corrected chi connectivity index (χ2v) is 3.44. The van der Waals surface area contributed by atoms with E-state index in [2.05, 4.69) is 9.97 Å². The molecule has 4 nitrogen and oxygen atoms in total. The van der Waals surface area contributed by atoms with E-state index in [9.17, 15) is 9.50 Å². The Labute approximate surface area is 95.5 Å². The number of aromatic hydroxyl groups is 1. The maximum absolute atomic E-state index is 13.4. The van der Waals surface area contributed by atoms with Crippen molar-refractivity contribution in [2.45, 2.75) is 0 Å². The minimum Gasteiger partial charge on any atom is -0.507 e. The van der Waals surface area contributed by atoms with Gasteiger partial charge in [-0.05, 0) is 6.07 Å². The quantitative estimate of drug-likeness (QED) is 0.749. The van der Waals surface area contributed by atoms with Crippen molar-refractivity contribution >= 4 is 17.3 Å². The molecule has 16 heavy (non-hydrogen) atoms. The Bertz CT molecular complexity index is 533. The molecule has 2 aromatic rings. The molecule has 0 amide bonds. The van der Waals surface area contributed by atoms with Crippen molar-refractivity contribution in [1.29, 1.82) is 0 Å². The number of nitrogens with two attached hydrogens (primary N) is 1. The molecule has 0 saturated heterocycles. The van der Waals surface area contributed by atoms with E-state index in [0.717, 1.165) is 6.07 Å². The van der Waals surface area contributed by atoms with Gasteiger partial charge >= 0.3 is 0 Å². The predicted molar refractivity (Wildman–Crippen MR) is 58.5 cm³/mol. The summed E-state index contributed by atoms with van der Waals surface area (Å²) in [5.41, 5.74) is 5.12. The van der Waals surface area contributed by atoms with Crippen molar-refractivity contribution in [2.75, 3.05) is 5.73 Å². The summed E-state index contributed by atoms with van der Waals surface area (Å²) >= 11 is 5.74. The number of halogens is 2. The summed E-state index contributed by atoms with van der Waals surface area (Å²) in [5, 5.41) is 9.35. The maximum atomic E-state index is 13.4. The number of nitrogens with zero attached hydrogens (tertiary/aromatic N) is 2. The molecule has 0 atom stereocenters. The highest BCUT2D eigenvalue weighted by atomic mass is 35.5. The van der Waals surface area contributed by atoms with Crippen LogP contribution in [0.2, 0.25) is 5.02 Å². The van der Waals surface area contributed by atoms with E-state index in [1.54, 1.807) is 6.07 Å². The van der Waals surface area contributed by atoms with Crippen LogP contribution in [0.5, 0.6) is 5.75 Å². The molecular weight excluding hydrogens is 233 g/mol. The van der Waals surface area contributed by atoms with Crippen molar-refractivity contribution in [3.8, 4) is 17.1 Å². The third-order valence-electron chi connectivity index (χ3n) is 2.00. The number of rotatable bonds is 1. The van der Waals surface area contributed by atoms with Crippen LogP contribution in [-0.4, -0.2) is 15.1 Å². The number of hydrogen-bond acceptors (Lipinski definition) is 4. The van der Waals surface area contributed by atoms with Gasteiger partial charge in [0.15, 0.2) is 11.6 Å². The molecule has 0 unspecified atom stereocenters. The van der Waals surface area contributed by atoms with E-state index in [-0.39, 0.29) is 27.8 Å². The Kier molecular flexibility index (Phi) is 2.62. The van der Waals surface area contributed by atoms with E-state index >= 15 is 0 Å². The molecule has 82 valence electrons. The Morgan fingerprint density at radius 2 is 1.94 bits per heavy atom. The molecule has 0 aliphatic carbocycles. The fourth-order valence-corrected chi connectivity index (χ4v) is 1.56. The van der Waals surface area contributed by atoms with Crippen LogP contribution in [0, 0.1) is 5.82 Å². The van der Waals surface area contributed by atoms with Crippen LogP contribution in [0.4, 0.5) is 10.1 Å². The molecule has 3 N–H and O–H groups in total. The lowest BCUT2D eigenvalue weighted by Crippen LogP contribution is -1.96. The van der Waals surface area contributed by atoms with Crippen molar-refractivity contribution in [2.24, 2.45) is 0 Å². The van der Waals surface area contributed by atoms with Crippen LogP contribution in [0.1, 0.15) is 0 Å². The highest BCUT2D eigenvalue weighted by Crippen LogP contribution is 2.38. The monoisotopic (exact) mass is 239 g/mol. The van der Waals surface area contributed by atoms with Crippen LogP contribution in [0.15, 0.2) is 24.5 Å². The van der Waals surface area contributed by atoms with Crippen LogP contribution in [0.3, 0.4) is 0 Å². The van der Waals surface area contributed by atoms with Crippen LogP contribution < -0.4 is 5.73 Å². The molecule has 0 spiro atoms. The average molecular weight is 240 g/mol. The van der Waals surface area contributed by atoms with Crippen LogP contribution in [0.25, 0.3) is 11.4 Å². The second-order valence-electron chi connectivity index (χ2n) is 3.06. The van der Waals surface area contributed by atoms with Crippen molar-refractivity contribution < 1.29 is 9.50 Å². The number of hydrogen-bond donors (Lipinski definition) is 2. The van der Waals surface area contributed by atoms with Crippen molar-refractivity contribution in [3.05, 3.63) is 35.4 Å². The second kappa shape index (κ2) is 3.94. The molecule has 0 radical (unpaired) electrons. The molecular formula is C10H7ClFN3O. The zero-order chi connectivity index (χ0) is 11.7. The van der Waals surface area contributed by atoms with Gasteiger partial charge in [0.05, 0.1) is 16.3 Å². The van der Waals surface area contributed by atoms with E-state index in [1.807, 2.05) is 0 Å². The lowest BCUT2D eigenvalue weighted by Gasteiger charge is -2.08. The average Bonchev–Trinajstić information content (AvgIpc) is 2.28. The minimum atomic E-state index is -0.790. The molecule has 0 saturated carbocycles. The highest BCUT2D eigenvalue weighted by molar-refractivity contribution is 6.34. The van der Waals surface area contributed by atoms with Gasteiger partial charge in [-0.2, -0.15) is 0 Å². The molecule has 0 aliphatic rings. The van der Waals surface area contributed by atoms with E-state index in [0.29, 0.717) is 0 Å². The Morgan fingerprint density at radius 1 is 1.31 bits per heavy atom. The van der Waals surface area contributed by atoms with E-state index in [4.69, 9.17) is 17.3 Å². The number of aromatic nitrogens is 2. The first-order chi connectivity index (χ1) is 7.61. The minimum absolute atomic E-state index is 0.0361. The lowest BCUT2D eigenvalue weighted by molar-refractivity contribution is 0.475. The van der Waals surface area contributed by atoms with Gasteiger partial charge in [0.2, 0.25) is 0 Å². The van der Waals surface area contributed by atoms with E-state index in [1.165, 1.54) is 12.4 Å². The van der Waals surface area contributed by atoms with Gasteiger partial charge < -0.3 is 10.8 Å². The third kappa shape index (κ3) is 1.65. The zero-order valence-electron chi connectivity index (χ0n) is 7.98. The van der Waals surface area contributed by atoms with Crippen LogP contribution in [-0.2, 0) is 0 Å². The fourth-order valence-electron chi connectivity index (χ4n) is 1.27. The van der Waals surface area contributed by atoms with Gasteiger partial charge in [-0.15, -0.1) is 0 Å². The predicted octanol–water partition coefficient (Wildman–Crippen LogP) is 2.22. The normalized spacial score (nSPS) is 10.4. The first kappa shape index (κ1) is 10.6. The summed E-state index contributed by atoms with van der Waals surface area (Å²) < 4.78 is 13.4. The number of benzene rings is 1. The number of phenols is 1. The summed E-state index contributed by atoms with van der Waals surface area (Å²) in [4.78, 5) is 7.76. The molecule has 1 heterocycles. The highest BCUT2D eigenvalue weighted by Gasteiger charge is 2.18. The Morgan fingerprint density at radius 3 is 2.56 bits per heavy atom. The standard InChI is InChI=1S/C10H7ClFN3O/c11-8-7(10-14-2-1-3-15-10)6(16)4-5(13)9(8)12/h1-4,16H,13H2. The van der Waals surface area contributed by atoms with Gasteiger partial charge in [-0.1, -0.05) is 11.6 Å². The third-order valence-corrected chi connectivity index (χ3v) is 2.36. The van der Waals surface area contributed by atoms with Crippen molar-refractivity contribution in [3.63, 3.8) is 0 Å². The molecule has 2 rings (SSSR count). The summed E-state index contributed by atoms with van der Waals surface area (Å²) in [6, 6.07) is 2.68. The zero-order valence-corrected chi connectivity index (χ0v) is 8.74. The Hall–Kier alpha value is -1.88. The Balaban J connectivity index is 2.71. The van der Waals surface area contributed by atoms with Gasteiger partial charge in [0, 0.05) is 18.5 Å². The van der Waals surface area contributed by atoms with Gasteiger partial charge in [0.25, 0.3) is 0 Å². The smallest absolute Gasteiger partial charge is 0.165 e. The number of anilines is 1. The van der Waals surface area contributed by atoms with Crippen LogP contribution >= 0.6 is 11.6 Å². The summed E-state index contributed by atoms with van der Waals surface area (Å²) in [6.07, 6.45) is 2.93. The maximum Gasteiger partial charge on any atom is 0.165 e. The number of nitrogen functional groups attached to an aromatic ring is 1. The van der Waals surface area contributed by atoms with Gasteiger partial charge in [0.1, 0.15) is 5.75 Å².